The van der Waals surface area contributed by atoms with E-state index in [9.17, 15) is 18.3 Å². The fraction of sp³-hybridized carbons (Fsp3) is 0.387. The van der Waals surface area contributed by atoms with E-state index in [1.807, 2.05) is 44.2 Å². The van der Waals surface area contributed by atoms with Crippen molar-refractivity contribution >= 4 is 21.6 Å². The summed E-state index contributed by atoms with van der Waals surface area (Å²) in [5.74, 6) is 0.415. The smallest absolute Gasteiger partial charge is 0.264 e. The van der Waals surface area contributed by atoms with Gasteiger partial charge in [0.05, 0.1) is 10.9 Å². The molecule has 3 aromatic rings. The summed E-state index contributed by atoms with van der Waals surface area (Å²) in [5.41, 5.74) is 4.38. The van der Waals surface area contributed by atoms with Crippen molar-refractivity contribution in [3.63, 3.8) is 0 Å². The van der Waals surface area contributed by atoms with E-state index in [-0.39, 0.29) is 11.9 Å². The molecule has 1 heterocycles. The number of hydrogen-bond acceptors (Lipinski definition) is 7. The van der Waals surface area contributed by atoms with E-state index in [1.54, 1.807) is 45.0 Å². The number of phenolic OH excluding ortho intramolecular Hbond substituents is 1. The van der Waals surface area contributed by atoms with Crippen LogP contribution in [0.4, 0.5) is 5.69 Å². The van der Waals surface area contributed by atoms with Crippen LogP contribution in [0, 0.1) is 0 Å². The Labute approximate surface area is 237 Å². The predicted molar refractivity (Wildman–Crippen MR) is 159 cm³/mol. The molecule has 0 aromatic heterocycles. The molecule has 1 aliphatic heterocycles. The van der Waals surface area contributed by atoms with Crippen molar-refractivity contribution < 1.29 is 23.1 Å². The summed E-state index contributed by atoms with van der Waals surface area (Å²) in [6.07, 6.45) is 0.0520. The molecule has 1 saturated heterocycles. The largest absolute Gasteiger partial charge is 0.508 e. The van der Waals surface area contributed by atoms with E-state index >= 15 is 0 Å². The van der Waals surface area contributed by atoms with Gasteiger partial charge in [0, 0.05) is 44.0 Å². The van der Waals surface area contributed by atoms with E-state index in [2.05, 4.69) is 26.7 Å². The lowest BCUT2D eigenvalue weighted by Gasteiger charge is -2.36. The van der Waals surface area contributed by atoms with Gasteiger partial charge in [0.2, 0.25) is 10.0 Å². The molecule has 9 heteroatoms. The summed E-state index contributed by atoms with van der Waals surface area (Å²) in [6, 6.07) is 20.6. The van der Waals surface area contributed by atoms with E-state index < -0.39 is 20.7 Å². The maximum absolute atomic E-state index is 12.5. The number of carbonyl (C=O) groups is 1. The van der Waals surface area contributed by atoms with Crippen molar-refractivity contribution in [3.8, 4) is 22.6 Å². The lowest BCUT2D eigenvalue weighted by molar-refractivity contribution is 0.0980. The minimum atomic E-state index is -3.77. The van der Waals surface area contributed by atoms with Gasteiger partial charge in [0.25, 0.3) is 5.91 Å². The van der Waals surface area contributed by atoms with E-state index in [4.69, 9.17) is 4.74 Å². The predicted octanol–water partition coefficient (Wildman–Crippen LogP) is 5.03. The summed E-state index contributed by atoms with van der Waals surface area (Å²) in [7, 11) is -3.77. The minimum absolute atomic E-state index is 0.0520. The van der Waals surface area contributed by atoms with Crippen LogP contribution >= 0.6 is 0 Å². The first kappa shape index (κ1) is 29.4. The number of amides is 1. The molecule has 0 atom stereocenters. The van der Waals surface area contributed by atoms with Crippen LogP contribution in [-0.2, 0) is 16.6 Å². The van der Waals surface area contributed by atoms with Crippen LogP contribution in [0.15, 0.2) is 66.7 Å². The Hall–Kier alpha value is -3.56. The molecule has 0 saturated carbocycles. The first-order valence-corrected chi connectivity index (χ1v) is 15.0. The van der Waals surface area contributed by atoms with Gasteiger partial charge in [-0.2, -0.15) is 0 Å². The summed E-state index contributed by atoms with van der Waals surface area (Å²) in [6.45, 7) is 12.8. The molecule has 0 unspecified atom stereocenters. The van der Waals surface area contributed by atoms with Gasteiger partial charge >= 0.3 is 0 Å². The molecule has 4 rings (SSSR count). The third-order valence-electron chi connectivity index (χ3n) is 6.82. The molecule has 214 valence electrons. The molecule has 1 aliphatic rings. The number of hydrogen-bond donors (Lipinski definition) is 2. The van der Waals surface area contributed by atoms with Crippen molar-refractivity contribution in [2.75, 3.05) is 31.1 Å². The van der Waals surface area contributed by atoms with Gasteiger partial charge in [0.1, 0.15) is 11.5 Å². The molecule has 0 spiro atoms. The number of carbonyl (C=O) groups excluding carboxylic acids is 1. The first-order valence-electron chi connectivity index (χ1n) is 13.5. The van der Waals surface area contributed by atoms with Crippen molar-refractivity contribution in [2.24, 2.45) is 0 Å². The lowest BCUT2D eigenvalue weighted by atomic mass is 10.0. The number of phenols is 1. The summed E-state index contributed by atoms with van der Waals surface area (Å²) in [5, 5.41) is 9.97. The molecule has 2 N–H and O–H groups in total. The summed E-state index contributed by atoms with van der Waals surface area (Å²) in [4.78, 5) is 17.2. The van der Waals surface area contributed by atoms with Gasteiger partial charge in [-0.25, -0.2) is 13.1 Å². The monoisotopic (exact) mass is 565 g/mol. The normalized spacial score (nSPS) is 14.8. The van der Waals surface area contributed by atoms with Gasteiger partial charge in [0.15, 0.2) is 0 Å². The number of benzene rings is 3. The second-order valence-electron chi connectivity index (χ2n) is 11.4. The third kappa shape index (κ3) is 7.34. The highest BCUT2D eigenvalue weighted by Gasteiger charge is 2.31. The second kappa shape index (κ2) is 11.9. The van der Waals surface area contributed by atoms with E-state index in [0.717, 1.165) is 60.9 Å². The number of rotatable bonds is 8. The number of ether oxygens (including phenoxy) is 1. The Balaban J connectivity index is 1.40. The van der Waals surface area contributed by atoms with Crippen LogP contribution in [-0.4, -0.2) is 61.4 Å². The second-order valence-corrected chi connectivity index (χ2v) is 13.9. The molecule has 40 heavy (non-hydrogen) atoms. The van der Waals surface area contributed by atoms with Gasteiger partial charge in [-0.15, -0.1) is 0 Å². The Morgan fingerprint density at radius 3 is 2.23 bits per heavy atom. The van der Waals surface area contributed by atoms with Crippen molar-refractivity contribution in [3.05, 3.63) is 77.9 Å². The quantitative estimate of drug-likeness (QED) is 0.395. The number of aromatic hydroxyl groups is 1. The van der Waals surface area contributed by atoms with Crippen LogP contribution in [0.25, 0.3) is 11.1 Å². The van der Waals surface area contributed by atoms with Crippen LogP contribution in [0.1, 0.15) is 50.5 Å². The lowest BCUT2D eigenvalue weighted by Crippen LogP contribution is -2.46. The molecular weight excluding hydrogens is 526 g/mol. The van der Waals surface area contributed by atoms with Crippen LogP contribution in [0.3, 0.4) is 0 Å². The number of piperazine rings is 1. The topological polar surface area (TPSA) is 99.2 Å². The van der Waals surface area contributed by atoms with Gasteiger partial charge in [-0.1, -0.05) is 12.1 Å². The van der Waals surface area contributed by atoms with Crippen LogP contribution in [0.2, 0.25) is 0 Å². The van der Waals surface area contributed by atoms with Gasteiger partial charge in [-0.3, -0.25) is 9.69 Å². The van der Waals surface area contributed by atoms with Gasteiger partial charge in [-0.05, 0) is 106 Å². The van der Waals surface area contributed by atoms with Crippen molar-refractivity contribution in [1.29, 1.82) is 0 Å². The maximum Gasteiger partial charge on any atom is 0.264 e. The standard InChI is InChI=1S/C31H39N3O5S/c1-22(2)39-29-18-23(17-26(20-29)25-7-6-8-28(35)19-25)21-33-13-15-34(16-14-33)27-11-9-24(10-12-27)30(36)32-40(37,38)31(3,4)5/h6-12,17-20,22,35H,13-16,21H2,1-5H3,(H,32,36). The number of nitrogens with zero attached hydrogens (tertiary/aromatic N) is 2. The Morgan fingerprint density at radius 2 is 1.62 bits per heavy atom. The number of sulfonamides is 1. The van der Waals surface area contributed by atoms with E-state index in [0.29, 0.717) is 5.56 Å². The fourth-order valence-corrected chi connectivity index (χ4v) is 5.19. The van der Waals surface area contributed by atoms with E-state index in [1.165, 1.54) is 0 Å². The average molecular weight is 566 g/mol. The van der Waals surface area contributed by atoms with Crippen molar-refractivity contribution in [1.82, 2.24) is 9.62 Å². The van der Waals surface area contributed by atoms with Crippen LogP contribution < -0.4 is 14.4 Å². The fourth-order valence-electron chi connectivity index (χ4n) is 4.52. The zero-order chi connectivity index (χ0) is 29.1. The Morgan fingerprint density at radius 1 is 0.950 bits per heavy atom. The molecule has 3 aromatic carbocycles. The van der Waals surface area contributed by atoms with Crippen LogP contribution in [0.5, 0.6) is 11.5 Å². The molecule has 8 nitrogen and oxygen atoms in total. The average Bonchev–Trinajstić information content (AvgIpc) is 2.88. The highest BCUT2D eigenvalue weighted by molar-refractivity contribution is 7.91. The third-order valence-corrected chi connectivity index (χ3v) is 8.89. The number of anilines is 1. The molecular formula is C31H39N3O5S. The SMILES string of the molecule is CC(C)Oc1cc(CN2CCN(c3ccc(C(=O)NS(=O)(=O)C(C)(C)C)cc3)CC2)cc(-c2cccc(O)c2)c1. The maximum atomic E-state index is 12.5. The Bertz CT molecular complexity index is 1440. The summed E-state index contributed by atoms with van der Waals surface area (Å²) < 4.78 is 31.8. The molecule has 0 bridgehead atoms. The van der Waals surface area contributed by atoms with Gasteiger partial charge < -0.3 is 14.7 Å². The highest BCUT2D eigenvalue weighted by Crippen LogP contribution is 2.30. The minimum Gasteiger partial charge on any atom is -0.508 e. The summed E-state index contributed by atoms with van der Waals surface area (Å²) >= 11 is 0. The van der Waals surface area contributed by atoms with Crippen molar-refractivity contribution in [2.45, 2.75) is 52.0 Å². The molecule has 0 radical (unpaired) electrons. The zero-order valence-corrected chi connectivity index (χ0v) is 24.7. The molecule has 1 amide bonds. The Kier molecular flexibility index (Phi) is 8.75. The first-order chi connectivity index (χ1) is 18.8. The highest BCUT2D eigenvalue weighted by atomic mass is 32.2. The zero-order valence-electron chi connectivity index (χ0n) is 23.8. The molecule has 1 fully saturated rings. The molecule has 0 aliphatic carbocycles. The number of nitrogens with one attached hydrogen (secondary N) is 1.